The van der Waals surface area contributed by atoms with Gasteiger partial charge in [0.1, 0.15) is 0 Å². The summed E-state index contributed by atoms with van der Waals surface area (Å²) >= 11 is 7.91. The van der Waals surface area contributed by atoms with Crippen LogP contribution in [-0.2, 0) is 6.54 Å². The predicted octanol–water partition coefficient (Wildman–Crippen LogP) is 4.83. The molecule has 0 spiro atoms. The first-order valence-corrected chi connectivity index (χ1v) is 9.38. The molecule has 124 valence electrons. The summed E-state index contributed by atoms with van der Waals surface area (Å²) in [6.45, 7) is 2.87. The van der Waals surface area contributed by atoms with Gasteiger partial charge >= 0.3 is 0 Å². The second-order valence-electron chi connectivity index (χ2n) is 6.09. The Balaban J connectivity index is 1.46. The fourth-order valence-electron chi connectivity index (χ4n) is 3.17. The Labute approximate surface area is 150 Å². The van der Waals surface area contributed by atoms with Crippen LogP contribution in [0, 0.1) is 0 Å². The third kappa shape index (κ3) is 3.38. The Kier molecular flexibility index (Phi) is 4.65. The van der Waals surface area contributed by atoms with Crippen molar-refractivity contribution in [3.8, 4) is 10.8 Å². The molecule has 24 heavy (non-hydrogen) atoms. The van der Waals surface area contributed by atoms with E-state index in [1.807, 2.05) is 35.7 Å². The number of benzene rings is 1. The van der Waals surface area contributed by atoms with Crippen LogP contribution in [0.5, 0.6) is 0 Å². The van der Waals surface area contributed by atoms with Crippen molar-refractivity contribution < 1.29 is 4.42 Å². The third-order valence-electron chi connectivity index (χ3n) is 4.38. The lowest BCUT2D eigenvalue weighted by atomic mass is 9.97. The molecule has 0 bridgehead atoms. The predicted molar refractivity (Wildman–Crippen MR) is 96.3 cm³/mol. The van der Waals surface area contributed by atoms with Gasteiger partial charge in [0.15, 0.2) is 0 Å². The lowest BCUT2D eigenvalue weighted by molar-refractivity contribution is 0.186. The number of hydrogen-bond acceptors (Lipinski definition) is 5. The Morgan fingerprint density at radius 1 is 1.21 bits per heavy atom. The number of rotatable bonds is 4. The van der Waals surface area contributed by atoms with Gasteiger partial charge < -0.3 is 4.42 Å². The van der Waals surface area contributed by atoms with Crippen LogP contribution in [0.25, 0.3) is 10.8 Å². The lowest BCUT2D eigenvalue weighted by Gasteiger charge is -2.31. The largest absolute Gasteiger partial charge is 0.420 e. The lowest BCUT2D eigenvalue weighted by Crippen LogP contribution is -2.34. The van der Waals surface area contributed by atoms with Gasteiger partial charge in [0.05, 0.1) is 10.8 Å². The van der Waals surface area contributed by atoms with Gasteiger partial charge in [0.2, 0.25) is 5.89 Å². The maximum absolute atomic E-state index is 6.29. The van der Waals surface area contributed by atoms with Crippen molar-refractivity contribution in [2.45, 2.75) is 25.3 Å². The molecule has 4 rings (SSSR count). The standard InChI is InChI=1S/C18H18ClN3OS/c19-15-7-2-1-5-13(15)11-22-9-3-6-14(12-22)17-20-21-18(23-17)16-8-4-10-24-16/h1-2,4-5,7-8,10,14H,3,6,9,11-12H2/t14-/m1/s1. The molecular weight excluding hydrogens is 342 g/mol. The molecule has 3 aromatic rings. The molecule has 6 heteroatoms. The van der Waals surface area contributed by atoms with Crippen LogP contribution in [0.1, 0.15) is 30.2 Å². The molecule has 0 radical (unpaired) electrons. The van der Waals surface area contributed by atoms with Crippen LogP contribution < -0.4 is 0 Å². The molecule has 1 fully saturated rings. The van der Waals surface area contributed by atoms with Crippen molar-refractivity contribution in [2.75, 3.05) is 13.1 Å². The van der Waals surface area contributed by atoms with E-state index >= 15 is 0 Å². The summed E-state index contributed by atoms with van der Waals surface area (Å²) in [6.07, 6.45) is 2.22. The Morgan fingerprint density at radius 3 is 2.96 bits per heavy atom. The van der Waals surface area contributed by atoms with E-state index < -0.39 is 0 Å². The van der Waals surface area contributed by atoms with Gasteiger partial charge in [-0.3, -0.25) is 4.90 Å². The minimum absolute atomic E-state index is 0.294. The zero-order valence-corrected chi connectivity index (χ0v) is 14.8. The number of thiophene rings is 1. The molecule has 0 unspecified atom stereocenters. The first-order valence-electron chi connectivity index (χ1n) is 8.12. The van der Waals surface area contributed by atoms with Crippen molar-refractivity contribution in [1.82, 2.24) is 15.1 Å². The summed E-state index contributed by atoms with van der Waals surface area (Å²) in [7, 11) is 0. The van der Waals surface area contributed by atoms with Gasteiger partial charge in [-0.2, -0.15) is 0 Å². The van der Waals surface area contributed by atoms with Gasteiger partial charge in [-0.1, -0.05) is 35.9 Å². The van der Waals surface area contributed by atoms with E-state index in [1.54, 1.807) is 11.3 Å². The van der Waals surface area contributed by atoms with Gasteiger partial charge in [0.25, 0.3) is 5.89 Å². The zero-order chi connectivity index (χ0) is 16.4. The van der Waals surface area contributed by atoms with Gasteiger partial charge in [0, 0.05) is 18.1 Å². The van der Waals surface area contributed by atoms with E-state index in [9.17, 15) is 0 Å². The molecule has 4 nitrogen and oxygen atoms in total. The van der Waals surface area contributed by atoms with Gasteiger partial charge in [-0.25, -0.2) is 0 Å². The molecule has 1 saturated heterocycles. The molecule has 0 aliphatic carbocycles. The number of piperidine rings is 1. The number of hydrogen-bond donors (Lipinski definition) is 0. The van der Waals surface area contributed by atoms with E-state index in [-0.39, 0.29) is 0 Å². The van der Waals surface area contributed by atoms with Crippen molar-refractivity contribution in [3.63, 3.8) is 0 Å². The molecule has 1 aromatic carbocycles. The monoisotopic (exact) mass is 359 g/mol. The quantitative estimate of drug-likeness (QED) is 0.669. The van der Waals surface area contributed by atoms with Crippen LogP contribution in [0.4, 0.5) is 0 Å². The van der Waals surface area contributed by atoms with E-state index in [4.69, 9.17) is 16.0 Å². The van der Waals surface area contributed by atoms with Gasteiger partial charge in [-0.15, -0.1) is 21.5 Å². The number of halogens is 1. The van der Waals surface area contributed by atoms with E-state index in [1.165, 1.54) is 5.56 Å². The fourth-order valence-corrected chi connectivity index (χ4v) is 4.01. The summed E-state index contributed by atoms with van der Waals surface area (Å²) in [5.74, 6) is 1.67. The minimum atomic E-state index is 0.294. The normalized spacial score (nSPS) is 18.8. The van der Waals surface area contributed by atoms with Crippen molar-refractivity contribution in [1.29, 1.82) is 0 Å². The Hall–Kier alpha value is -1.69. The molecule has 0 N–H and O–H groups in total. The number of aromatic nitrogens is 2. The third-order valence-corrected chi connectivity index (χ3v) is 5.61. The first-order chi connectivity index (χ1) is 11.8. The summed E-state index contributed by atoms with van der Waals surface area (Å²) in [6, 6.07) is 12.0. The second kappa shape index (κ2) is 7.05. The maximum Gasteiger partial charge on any atom is 0.257 e. The van der Waals surface area contributed by atoms with Crippen LogP contribution in [0.3, 0.4) is 0 Å². The van der Waals surface area contributed by atoms with Crippen molar-refractivity contribution >= 4 is 22.9 Å². The summed E-state index contributed by atoms with van der Waals surface area (Å²) < 4.78 is 5.93. The van der Waals surface area contributed by atoms with Gasteiger partial charge in [-0.05, 0) is 42.5 Å². The van der Waals surface area contributed by atoms with E-state index in [0.717, 1.165) is 48.3 Å². The van der Waals surface area contributed by atoms with Crippen molar-refractivity contribution in [2.24, 2.45) is 0 Å². The van der Waals surface area contributed by atoms with E-state index in [2.05, 4.69) is 21.2 Å². The number of likely N-dealkylation sites (tertiary alicyclic amines) is 1. The van der Waals surface area contributed by atoms with Crippen LogP contribution in [0.15, 0.2) is 46.2 Å². The molecule has 0 saturated carbocycles. The molecule has 1 aliphatic heterocycles. The van der Waals surface area contributed by atoms with Crippen LogP contribution >= 0.6 is 22.9 Å². The highest BCUT2D eigenvalue weighted by molar-refractivity contribution is 7.13. The molecular formula is C18H18ClN3OS. The smallest absolute Gasteiger partial charge is 0.257 e. The topological polar surface area (TPSA) is 42.2 Å². The average molecular weight is 360 g/mol. The summed E-state index contributed by atoms with van der Waals surface area (Å²) in [4.78, 5) is 3.45. The van der Waals surface area contributed by atoms with Crippen molar-refractivity contribution in [3.05, 3.63) is 58.3 Å². The molecule has 3 heterocycles. The zero-order valence-electron chi connectivity index (χ0n) is 13.2. The molecule has 0 amide bonds. The highest BCUT2D eigenvalue weighted by atomic mass is 35.5. The molecule has 1 aliphatic rings. The highest BCUT2D eigenvalue weighted by Crippen LogP contribution is 2.31. The summed E-state index contributed by atoms with van der Waals surface area (Å²) in [5.41, 5.74) is 1.17. The average Bonchev–Trinajstić information content (AvgIpc) is 3.28. The van der Waals surface area contributed by atoms with E-state index in [0.29, 0.717) is 11.8 Å². The summed E-state index contributed by atoms with van der Waals surface area (Å²) in [5, 5.41) is 11.4. The molecule has 2 aromatic heterocycles. The molecule has 1 atom stereocenters. The van der Waals surface area contributed by atoms with Crippen LogP contribution in [0.2, 0.25) is 5.02 Å². The second-order valence-corrected chi connectivity index (χ2v) is 7.44. The first kappa shape index (κ1) is 15.8. The fraction of sp³-hybridized carbons (Fsp3) is 0.333. The SMILES string of the molecule is Clc1ccccc1CN1CCC[C@@H](c2nnc(-c3cccs3)o2)C1. The highest BCUT2D eigenvalue weighted by Gasteiger charge is 2.26. The Morgan fingerprint density at radius 2 is 2.12 bits per heavy atom. The van der Waals surface area contributed by atoms with Crippen LogP contribution in [-0.4, -0.2) is 28.2 Å². The maximum atomic E-state index is 6.29. The minimum Gasteiger partial charge on any atom is -0.420 e. The number of nitrogens with zero attached hydrogens (tertiary/aromatic N) is 3. The Bertz CT molecular complexity index is 802.